The molecule has 0 spiro atoms. The molecule has 3 aromatic heterocycles. The van der Waals surface area contributed by atoms with Gasteiger partial charge in [-0.25, -0.2) is 19.3 Å². The highest BCUT2D eigenvalue weighted by Crippen LogP contribution is 2.26. The molecule has 2 aromatic carbocycles. The number of aromatic hydroxyl groups is 1. The lowest BCUT2D eigenvalue weighted by Gasteiger charge is -2.18. The van der Waals surface area contributed by atoms with Crippen LogP contribution in [0.15, 0.2) is 71.9 Å². The summed E-state index contributed by atoms with van der Waals surface area (Å²) in [5, 5.41) is 23.0. The Morgan fingerprint density at radius 1 is 1.08 bits per heavy atom. The molecule has 5 rings (SSSR count). The molecule has 5 N–H and O–H groups in total. The van der Waals surface area contributed by atoms with E-state index >= 15 is 0 Å². The van der Waals surface area contributed by atoms with E-state index in [1.54, 1.807) is 16.8 Å². The van der Waals surface area contributed by atoms with Crippen molar-refractivity contribution >= 4 is 28.1 Å². The van der Waals surface area contributed by atoms with Crippen molar-refractivity contribution in [2.75, 3.05) is 11.1 Å². The number of nitrogens with two attached hydrogens (primary N) is 1. The van der Waals surface area contributed by atoms with E-state index < -0.39 is 5.82 Å². The number of fused-ring (bicyclic) bond motifs is 1. The summed E-state index contributed by atoms with van der Waals surface area (Å²) in [6, 6.07) is 14.6. The Bertz CT molecular complexity index is 1760. The zero-order chi connectivity index (χ0) is 27.0. The van der Waals surface area contributed by atoms with E-state index in [-0.39, 0.29) is 46.3 Å². The van der Waals surface area contributed by atoms with Gasteiger partial charge in [0, 0.05) is 23.5 Å². The summed E-state index contributed by atoms with van der Waals surface area (Å²) in [5.41, 5.74) is 8.25. The molecule has 38 heavy (non-hydrogen) atoms. The maximum absolute atomic E-state index is 13.9. The van der Waals surface area contributed by atoms with Crippen molar-refractivity contribution in [1.29, 1.82) is 5.41 Å². The number of pyridine rings is 2. The number of hydrogen-bond acceptors (Lipinski definition) is 8. The van der Waals surface area contributed by atoms with Gasteiger partial charge in [0.25, 0.3) is 5.56 Å². The van der Waals surface area contributed by atoms with E-state index in [1.807, 2.05) is 44.2 Å². The Kier molecular flexibility index (Phi) is 6.29. The van der Waals surface area contributed by atoms with Crippen molar-refractivity contribution in [3.05, 3.63) is 111 Å². The molecule has 0 amide bonds. The number of nitrogens with one attached hydrogen (secondary N) is 2. The van der Waals surface area contributed by atoms with E-state index in [0.29, 0.717) is 16.9 Å². The molecular weight excluding hydrogens is 485 g/mol. The summed E-state index contributed by atoms with van der Waals surface area (Å²) in [6.45, 7) is 3.90. The van der Waals surface area contributed by atoms with E-state index in [0.717, 1.165) is 28.6 Å². The van der Waals surface area contributed by atoms with Gasteiger partial charge in [-0.05, 0) is 54.6 Å². The average molecular weight is 510 g/mol. The predicted octanol–water partition coefficient (Wildman–Crippen LogP) is 4.25. The number of aromatic nitrogens is 4. The van der Waals surface area contributed by atoms with Gasteiger partial charge in [-0.3, -0.25) is 14.8 Å². The molecule has 0 aliphatic carbocycles. The monoisotopic (exact) mass is 509 g/mol. The third-order valence-corrected chi connectivity index (χ3v) is 6.26. The molecule has 10 heteroatoms. The second-order valence-electron chi connectivity index (χ2n) is 8.87. The Balaban J connectivity index is 1.61. The van der Waals surface area contributed by atoms with Gasteiger partial charge in [0.05, 0.1) is 23.2 Å². The summed E-state index contributed by atoms with van der Waals surface area (Å²) in [4.78, 5) is 26.5. The number of rotatable bonds is 6. The molecule has 0 radical (unpaired) electrons. The number of halogens is 1. The first-order valence-electron chi connectivity index (χ1n) is 11.7. The number of anilines is 2. The van der Waals surface area contributed by atoms with Gasteiger partial charge in [0.15, 0.2) is 0 Å². The van der Waals surface area contributed by atoms with Crippen LogP contribution in [0.4, 0.5) is 16.0 Å². The minimum absolute atomic E-state index is 0.00310. The quantitative estimate of drug-likeness (QED) is 0.251. The highest BCUT2D eigenvalue weighted by Gasteiger charge is 2.19. The van der Waals surface area contributed by atoms with Crippen LogP contribution in [0, 0.1) is 25.1 Å². The zero-order valence-electron chi connectivity index (χ0n) is 20.7. The van der Waals surface area contributed by atoms with Gasteiger partial charge in [0.2, 0.25) is 0 Å². The van der Waals surface area contributed by atoms with Crippen LogP contribution in [0.1, 0.15) is 27.9 Å². The standard InChI is InChI=1S/C28H24FN7O2/c1-15-5-3-7-17-10-20(36(28(38)22(15)17)27-16(2)6-4-8-32-27)13-33-26-23(25(31)34-14-35-26)24(30)18-9-19(29)12-21(37)11-18/h3-12,14,30,37H,13H2,1-2H3,(H3,31,33,34,35). The lowest BCUT2D eigenvalue weighted by atomic mass is 10.0. The molecule has 0 unspecified atom stereocenters. The van der Waals surface area contributed by atoms with Gasteiger partial charge in [0.1, 0.15) is 35.3 Å². The SMILES string of the molecule is Cc1cccnc1-n1c(CNc2ncnc(N)c2C(=N)c2cc(O)cc(F)c2)cc2cccc(C)c2c1=O. The second-order valence-corrected chi connectivity index (χ2v) is 8.87. The zero-order valence-corrected chi connectivity index (χ0v) is 20.7. The third-order valence-electron chi connectivity index (χ3n) is 6.26. The van der Waals surface area contributed by atoms with Crippen LogP contribution in [-0.2, 0) is 6.54 Å². The van der Waals surface area contributed by atoms with Crippen molar-refractivity contribution in [3.63, 3.8) is 0 Å². The number of nitrogen functional groups attached to an aromatic ring is 1. The van der Waals surface area contributed by atoms with Crippen molar-refractivity contribution in [2.24, 2.45) is 0 Å². The summed E-state index contributed by atoms with van der Waals surface area (Å²) in [5.74, 6) is -0.299. The second kappa shape index (κ2) is 9.74. The Hall–Kier alpha value is -5.12. The fourth-order valence-electron chi connectivity index (χ4n) is 4.48. The molecule has 0 bridgehead atoms. The predicted molar refractivity (Wildman–Crippen MR) is 145 cm³/mol. The molecule has 5 aromatic rings. The van der Waals surface area contributed by atoms with Crippen LogP contribution in [0.3, 0.4) is 0 Å². The first-order valence-corrected chi connectivity index (χ1v) is 11.7. The van der Waals surface area contributed by atoms with Crippen molar-refractivity contribution in [2.45, 2.75) is 20.4 Å². The summed E-state index contributed by atoms with van der Waals surface area (Å²) >= 11 is 0. The van der Waals surface area contributed by atoms with Crippen LogP contribution in [0.2, 0.25) is 0 Å². The van der Waals surface area contributed by atoms with Crippen LogP contribution in [0.25, 0.3) is 16.6 Å². The van der Waals surface area contributed by atoms with Gasteiger partial charge >= 0.3 is 0 Å². The number of nitrogens with zero attached hydrogens (tertiary/aromatic N) is 4. The fourth-order valence-corrected chi connectivity index (χ4v) is 4.48. The fraction of sp³-hybridized carbons (Fsp3) is 0.107. The molecule has 0 aliphatic heterocycles. The molecule has 190 valence electrons. The van der Waals surface area contributed by atoms with E-state index in [9.17, 15) is 14.3 Å². The van der Waals surface area contributed by atoms with E-state index in [1.165, 1.54) is 12.4 Å². The maximum atomic E-state index is 13.9. The van der Waals surface area contributed by atoms with Gasteiger partial charge in [-0.1, -0.05) is 24.3 Å². The van der Waals surface area contributed by atoms with Crippen LogP contribution in [0.5, 0.6) is 5.75 Å². The van der Waals surface area contributed by atoms with Crippen molar-refractivity contribution < 1.29 is 9.50 Å². The van der Waals surface area contributed by atoms with Crippen LogP contribution in [-0.4, -0.2) is 30.3 Å². The van der Waals surface area contributed by atoms with Crippen LogP contribution >= 0.6 is 0 Å². The third kappa shape index (κ3) is 4.43. The van der Waals surface area contributed by atoms with Crippen molar-refractivity contribution in [1.82, 2.24) is 19.5 Å². The smallest absolute Gasteiger partial charge is 0.264 e. The molecule has 3 heterocycles. The lowest BCUT2D eigenvalue weighted by Crippen LogP contribution is -2.26. The summed E-state index contributed by atoms with van der Waals surface area (Å²) in [7, 11) is 0. The Labute approximate surface area is 217 Å². The molecule has 0 saturated heterocycles. The van der Waals surface area contributed by atoms with E-state index in [2.05, 4.69) is 20.3 Å². The highest BCUT2D eigenvalue weighted by atomic mass is 19.1. The van der Waals surface area contributed by atoms with E-state index in [4.69, 9.17) is 11.1 Å². The average Bonchev–Trinajstić information content (AvgIpc) is 2.87. The number of phenolic OH excluding ortho intramolecular Hbond substituents is 1. The number of hydrogen-bond donors (Lipinski definition) is 4. The van der Waals surface area contributed by atoms with Crippen molar-refractivity contribution in [3.8, 4) is 11.6 Å². The maximum Gasteiger partial charge on any atom is 0.264 e. The van der Waals surface area contributed by atoms with Gasteiger partial charge in [-0.2, -0.15) is 0 Å². The Morgan fingerprint density at radius 3 is 2.63 bits per heavy atom. The van der Waals surface area contributed by atoms with Crippen LogP contribution < -0.4 is 16.6 Å². The molecule has 0 atom stereocenters. The normalized spacial score (nSPS) is 11.0. The largest absolute Gasteiger partial charge is 0.508 e. The first-order chi connectivity index (χ1) is 18.2. The molecule has 9 nitrogen and oxygen atoms in total. The minimum Gasteiger partial charge on any atom is -0.508 e. The first kappa shape index (κ1) is 24.6. The molecule has 0 aliphatic rings. The van der Waals surface area contributed by atoms with Gasteiger partial charge in [-0.15, -0.1) is 0 Å². The Morgan fingerprint density at radius 2 is 1.87 bits per heavy atom. The lowest BCUT2D eigenvalue weighted by molar-refractivity contribution is 0.469. The van der Waals surface area contributed by atoms with Gasteiger partial charge < -0.3 is 16.2 Å². The minimum atomic E-state index is -0.698. The number of benzene rings is 2. The summed E-state index contributed by atoms with van der Waals surface area (Å²) in [6.07, 6.45) is 2.88. The molecule has 0 saturated carbocycles. The topological polar surface area (TPSA) is 143 Å². The molecule has 0 fully saturated rings. The highest BCUT2D eigenvalue weighted by molar-refractivity contribution is 6.16. The number of phenols is 1. The molecular formula is C28H24FN7O2. The number of aryl methyl sites for hydroxylation is 2. The summed E-state index contributed by atoms with van der Waals surface area (Å²) < 4.78 is 15.5.